The molecule has 0 spiro atoms. The molecule has 1 aromatic carbocycles. The van der Waals surface area contributed by atoms with Crippen LogP contribution in [0.5, 0.6) is 5.75 Å². The summed E-state index contributed by atoms with van der Waals surface area (Å²) < 4.78 is 21.6. The standard InChI is InChI=1S/C28H32O5S/c1-30-9-10-32-18-33-25-7-4-19(3-5-23-6-8-26(34-23)27(29)31-2)14-24(25)28-15-20-11-21(16-28)13-22(12-20)17-28/h4,6-8,14,20-22H,9-13,15-18H2,1-2H3. The summed E-state index contributed by atoms with van der Waals surface area (Å²) in [6.45, 7) is 1.29. The van der Waals surface area contributed by atoms with Crippen molar-refractivity contribution in [2.24, 2.45) is 17.8 Å². The van der Waals surface area contributed by atoms with Crippen LogP contribution in [-0.4, -0.2) is 40.2 Å². The highest BCUT2D eigenvalue weighted by atomic mass is 32.1. The summed E-state index contributed by atoms with van der Waals surface area (Å²) in [7, 11) is 3.06. The van der Waals surface area contributed by atoms with Gasteiger partial charge in [-0.15, -0.1) is 11.3 Å². The Labute approximate surface area is 205 Å². The van der Waals surface area contributed by atoms with E-state index in [9.17, 15) is 4.79 Å². The van der Waals surface area contributed by atoms with Gasteiger partial charge in [-0.05, 0) is 92.0 Å². The number of benzene rings is 1. The smallest absolute Gasteiger partial charge is 0.348 e. The number of carbonyl (C=O) groups is 1. The summed E-state index contributed by atoms with van der Waals surface area (Å²) in [6.07, 6.45) is 7.96. The third-order valence-corrected chi connectivity index (χ3v) is 8.62. The largest absolute Gasteiger partial charge is 0.467 e. The molecule has 34 heavy (non-hydrogen) atoms. The van der Waals surface area contributed by atoms with E-state index in [1.54, 1.807) is 13.2 Å². The molecule has 0 aliphatic heterocycles. The predicted molar refractivity (Wildman–Crippen MR) is 131 cm³/mol. The van der Waals surface area contributed by atoms with E-state index < -0.39 is 0 Å². The van der Waals surface area contributed by atoms with Crippen LogP contribution in [0, 0.1) is 29.6 Å². The number of methoxy groups -OCH3 is 2. The van der Waals surface area contributed by atoms with Gasteiger partial charge in [-0.2, -0.15) is 0 Å². The van der Waals surface area contributed by atoms with Crippen molar-refractivity contribution in [1.29, 1.82) is 0 Å². The van der Waals surface area contributed by atoms with E-state index in [4.69, 9.17) is 18.9 Å². The zero-order chi connectivity index (χ0) is 23.5. The van der Waals surface area contributed by atoms with Crippen molar-refractivity contribution in [2.45, 2.75) is 43.9 Å². The van der Waals surface area contributed by atoms with Gasteiger partial charge < -0.3 is 18.9 Å². The molecule has 5 nitrogen and oxygen atoms in total. The van der Waals surface area contributed by atoms with Gasteiger partial charge in [-0.25, -0.2) is 4.79 Å². The monoisotopic (exact) mass is 480 g/mol. The van der Waals surface area contributed by atoms with Crippen LogP contribution in [0.2, 0.25) is 0 Å². The van der Waals surface area contributed by atoms with Crippen LogP contribution in [0.4, 0.5) is 0 Å². The SMILES string of the molecule is COCCOCOc1ccc(C#Cc2ccc(C(=O)OC)s2)cc1C12CC3CC(CC(C3)C1)C2. The van der Waals surface area contributed by atoms with E-state index in [0.717, 1.165) is 33.9 Å². The Bertz CT molecular complexity index is 1060. The summed E-state index contributed by atoms with van der Waals surface area (Å²) in [4.78, 5) is 13.2. The van der Waals surface area contributed by atoms with Crippen molar-refractivity contribution >= 4 is 17.3 Å². The van der Waals surface area contributed by atoms with E-state index in [1.807, 2.05) is 12.1 Å². The minimum Gasteiger partial charge on any atom is -0.467 e. The first kappa shape index (κ1) is 23.4. The molecule has 6 rings (SSSR count). The van der Waals surface area contributed by atoms with Gasteiger partial charge in [0.2, 0.25) is 0 Å². The van der Waals surface area contributed by atoms with Crippen molar-refractivity contribution in [3.8, 4) is 17.6 Å². The van der Waals surface area contributed by atoms with Crippen LogP contribution in [0.3, 0.4) is 0 Å². The fourth-order valence-corrected chi connectivity index (χ4v) is 7.42. The van der Waals surface area contributed by atoms with Gasteiger partial charge >= 0.3 is 5.97 Å². The lowest BCUT2D eigenvalue weighted by molar-refractivity contribution is -0.0189. The molecule has 0 amide bonds. The summed E-state index contributed by atoms with van der Waals surface area (Å²) >= 11 is 1.36. The summed E-state index contributed by atoms with van der Waals surface area (Å²) in [5.41, 5.74) is 2.47. The van der Waals surface area contributed by atoms with Gasteiger partial charge in [-0.3, -0.25) is 0 Å². The van der Waals surface area contributed by atoms with Gasteiger partial charge in [0.1, 0.15) is 10.6 Å². The Morgan fingerprint density at radius 1 is 1.00 bits per heavy atom. The van der Waals surface area contributed by atoms with E-state index in [-0.39, 0.29) is 18.2 Å². The zero-order valence-corrected chi connectivity index (χ0v) is 20.7. The second-order valence-electron chi connectivity index (χ2n) is 9.98. The molecule has 0 atom stereocenters. The number of thiophene rings is 1. The maximum Gasteiger partial charge on any atom is 0.348 e. The molecule has 4 aliphatic carbocycles. The average molecular weight is 481 g/mol. The van der Waals surface area contributed by atoms with E-state index >= 15 is 0 Å². The Hall–Kier alpha value is -2.33. The fraction of sp³-hybridized carbons (Fsp3) is 0.536. The summed E-state index contributed by atoms with van der Waals surface area (Å²) in [6, 6.07) is 9.97. The van der Waals surface area contributed by atoms with Crippen LogP contribution >= 0.6 is 11.3 Å². The molecule has 0 saturated heterocycles. The molecule has 4 bridgehead atoms. The number of carbonyl (C=O) groups excluding carboxylic acids is 1. The third kappa shape index (κ3) is 4.88. The maximum atomic E-state index is 11.7. The quantitative estimate of drug-likeness (QED) is 0.219. The second-order valence-corrected chi connectivity index (χ2v) is 11.1. The number of hydrogen-bond acceptors (Lipinski definition) is 6. The molecule has 4 aliphatic rings. The molecular weight excluding hydrogens is 448 g/mol. The summed E-state index contributed by atoms with van der Waals surface area (Å²) in [5.74, 6) is 9.68. The van der Waals surface area contributed by atoms with Crippen molar-refractivity contribution < 1.29 is 23.7 Å². The lowest BCUT2D eigenvalue weighted by Gasteiger charge is -2.57. The molecule has 0 unspecified atom stereocenters. The molecule has 1 aromatic heterocycles. The van der Waals surface area contributed by atoms with E-state index in [2.05, 4.69) is 24.0 Å². The zero-order valence-electron chi connectivity index (χ0n) is 19.9. The highest BCUT2D eigenvalue weighted by Gasteiger charge is 2.52. The normalized spacial score (nSPS) is 26.7. The number of ether oxygens (including phenoxy) is 4. The molecule has 4 fully saturated rings. The minimum atomic E-state index is -0.323. The number of esters is 1. The van der Waals surface area contributed by atoms with Gasteiger partial charge in [0.15, 0.2) is 6.79 Å². The lowest BCUT2D eigenvalue weighted by Crippen LogP contribution is -2.48. The fourth-order valence-electron chi connectivity index (χ4n) is 6.64. The van der Waals surface area contributed by atoms with Gasteiger partial charge in [0, 0.05) is 18.2 Å². The van der Waals surface area contributed by atoms with Crippen LogP contribution in [-0.2, 0) is 19.6 Å². The Kier molecular flexibility index (Phi) is 6.96. The Morgan fingerprint density at radius 2 is 1.74 bits per heavy atom. The Balaban J connectivity index is 1.41. The third-order valence-electron chi connectivity index (χ3n) is 7.64. The minimum absolute atomic E-state index is 0.190. The molecule has 1 heterocycles. The van der Waals surface area contributed by atoms with Crippen LogP contribution in [0.1, 0.15) is 64.2 Å². The highest BCUT2D eigenvalue weighted by molar-refractivity contribution is 7.14. The van der Waals surface area contributed by atoms with Crippen molar-refractivity contribution in [3.05, 3.63) is 51.2 Å². The van der Waals surface area contributed by atoms with Crippen LogP contribution < -0.4 is 4.74 Å². The lowest BCUT2D eigenvalue weighted by atomic mass is 9.48. The maximum absolute atomic E-state index is 11.7. The molecule has 0 radical (unpaired) electrons. The molecule has 0 N–H and O–H groups in total. The number of rotatable bonds is 8. The first-order valence-corrected chi connectivity index (χ1v) is 12.9. The van der Waals surface area contributed by atoms with Crippen molar-refractivity contribution in [3.63, 3.8) is 0 Å². The molecular formula is C28H32O5S. The molecule has 4 saturated carbocycles. The van der Waals surface area contributed by atoms with Gasteiger partial charge in [-0.1, -0.05) is 11.8 Å². The first-order chi connectivity index (χ1) is 16.6. The van der Waals surface area contributed by atoms with Crippen LogP contribution in [0.15, 0.2) is 30.3 Å². The predicted octanol–water partition coefficient (Wildman–Crippen LogP) is 5.40. The molecule has 6 heteroatoms. The Morgan fingerprint density at radius 3 is 2.41 bits per heavy atom. The first-order valence-electron chi connectivity index (χ1n) is 12.1. The highest BCUT2D eigenvalue weighted by Crippen LogP contribution is 2.61. The van der Waals surface area contributed by atoms with Gasteiger partial charge in [0.25, 0.3) is 0 Å². The van der Waals surface area contributed by atoms with E-state index in [0.29, 0.717) is 18.1 Å². The second kappa shape index (κ2) is 10.1. The number of hydrogen-bond donors (Lipinski definition) is 0. The van der Waals surface area contributed by atoms with Crippen LogP contribution in [0.25, 0.3) is 0 Å². The van der Waals surface area contributed by atoms with Crippen molar-refractivity contribution in [2.75, 3.05) is 34.2 Å². The molecule has 180 valence electrons. The topological polar surface area (TPSA) is 54.0 Å². The molecule has 2 aromatic rings. The summed E-state index contributed by atoms with van der Waals surface area (Å²) in [5, 5.41) is 0. The van der Waals surface area contributed by atoms with Gasteiger partial charge in [0.05, 0.1) is 25.2 Å². The van der Waals surface area contributed by atoms with E-state index in [1.165, 1.54) is 62.5 Å². The average Bonchev–Trinajstić information content (AvgIpc) is 3.31. The van der Waals surface area contributed by atoms with Crippen molar-refractivity contribution in [1.82, 2.24) is 0 Å².